The molecule has 20 heavy (non-hydrogen) atoms. The van der Waals surface area contributed by atoms with Crippen LogP contribution in [0.15, 0.2) is 18.2 Å². The molecule has 2 rings (SSSR count). The van der Waals surface area contributed by atoms with E-state index in [2.05, 4.69) is 17.7 Å². The van der Waals surface area contributed by atoms with E-state index in [0.717, 1.165) is 42.9 Å². The van der Waals surface area contributed by atoms with Gasteiger partial charge in [0.05, 0.1) is 0 Å². The lowest BCUT2D eigenvalue weighted by atomic mass is 10.1. The van der Waals surface area contributed by atoms with Gasteiger partial charge in [0.15, 0.2) is 0 Å². The smallest absolute Gasteiger partial charge is 0.265 e. The van der Waals surface area contributed by atoms with E-state index in [-0.39, 0.29) is 5.91 Å². The Morgan fingerprint density at radius 2 is 2.00 bits per heavy atom. The Morgan fingerprint density at radius 1 is 1.25 bits per heavy atom. The van der Waals surface area contributed by atoms with E-state index >= 15 is 0 Å². The fourth-order valence-corrected chi connectivity index (χ4v) is 2.51. The molecule has 0 spiro atoms. The lowest BCUT2D eigenvalue weighted by molar-refractivity contribution is 0.0749. The van der Waals surface area contributed by atoms with Gasteiger partial charge in [-0.1, -0.05) is 13.3 Å². The summed E-state index contributed by atoms with van der Waals surface area (Å²) in [4.78, 5) is 12.3. The van der Waals surface area contributed by atoms with Gasteiger partial charge in [0, 0.05) is 30.9 Å². The van der Waals surface area contributed by atoms with Crippen molar-refractivity contribution in [3.8, 4) is 0 Å². The molecule has 1 amide bonds. The van der Waals surface area contributed by atoms with E-state index in [1.807, 2.05) is 30.1 Å². The predicted molar refractivity (Wildman–Crippen MR) is 82.8 cm³/mol. The molecule has 4 nitrogen and oxygen atoms in total. The molecule has 1 aromatic carbocycles. The van der Waals surface area contributed by atoms with Crippen molar-refractivity contribution in [3.05, 3.63) is 29.3 Å². The second-order valence-corrected chi connectivity index (χ2v) is 5.45. The second-order valence-electron chi connectivity index (χ2n) is 5.45. The third-order valence-corrected chi connectivity index (χ3v) is 3.67. The number of rotatable bonds is 5. The molecule has 1 aliphatic rings. The van der Waals surface area contributed by atoms with E-state index in [0.29, 0.717) is 0 Å². The number of carbonyl (C=O) groups is 1. The summed E-state index contributed by atoms with van der Waals surface area (Å²) in [6, 6.07) is 5.93. The van der Waals surface area contributed by atoms with Gasteiger partial charge in [-0.05, 0) is 49.9 Å². The van der Waals surface area contributed by atoms with Gasteiger partial charge in [-0.2, -0.15) is 0 Å². The van der Waals surface area contributed by atoms with Crippen LogP contribution in [0.1, 0.15) is 48.5 Å². The maximum absolute atomic E-state index is 12.3. The van der Waals surface area contributed by atoms with Gasteiger partial charge < -0.3 is 5.32 Å². The van der Waals surface area contributed by atoms with Crippen molar-refractivity contribution in [3.63, 3.8) is 0 Å². The van der Waals surface area contributed by atoms with Crippen molar-refractivity contribution in [1.29, 1.82) is 0 Å². The van der Waals surface area contributed by atoms with Crippen molar-refractivity contribution in [2.24, 2.45) is 0 Å². The van der Waals surface area contributed by atoms with Gasteiger partial charge in [-0.15, -0.1) is 0 Å². The molecular formula is C16H25N3O. The summed E-state index contributed by atoms with van der Waals surface area (Å²) in [6.07, 6.45) is 4.69. The van der Waals surface area contributed by atoms with Crippen LogP contribution in [0, 0.1) is 6.92 Å². The standard InChI is InChI=1S/C16H25N3O/c1-3-9-17-14-7-8-15(13(2)12-14)16(20)18-19-10-5-4-6-11-19/h7-8,12,17H,3-6,9-11H2,1-2H3,(H,18,20). The van der Waals surface area contributed by atoms with Gasteiger partial charge in [0.1, 0.15) is 0 Å². The highest BCUT2D eigenvalue weighted by molar-refractivity contribution is 5.95. The quantitative estimate of drug-likeness (QED) is 0.868. The first-order chi connectivity index (χ1) is 9.70. The summed E-state index contributed by atoms with van der Waals surface area (Å²) in [5.41, 5.74) is 5.87. The van der Waals surface area contributed by atoms with Gasteiger partial charge in [-0.3, -0.25) is 10.2 Å². The first kappa shape index (κ1) is 14.9. The Kier molecular flexibility index (Phi) is 5.41. The molecule has 0 bridgehead atoms. The summed E-state index contributed by atoms with van der Waals surface area (Å²) in [5, 5.41) is 5.38. The molecule has 0 radical (unpaired) electrons. The molecule has 1 aromatic rings. The Bertz CT molecular complexity index is 453. The Balaban J connectivity index is 1.98. The monoisotopic (exact) mass is 275 g/mol. The van der Waals surface area contributed by atoms with E-state index in [1.165, 1.54) is 19.3 Å². The zero-order chi connectivity index (χ0) is 14.4. The third-order valence-electron chi connectivity index (χ3n) is 3.67. The van der Waals surface area contributed by atoms with Crippen LogP contribution in [0.25, 0.3) is 0 Å². The van der Waals surface area contributed by atoms with Crippen LogP contribution in [0.4, 0.5) is 5.69 Å². The zero-order valence-electron chi connectivity index (χ0n) is 12.5. The number of anilines is 1. The lowest BCUT2D eigenvalue weighted by Crippen LogP contribution is -2.45. The number of nitrogens with zero attached hydrogens (tertiary/aromatic N) is 1. The first-order valence-electron chi connectivity index (χ1n) is 7.61. The molecule has 0 unspecified atom stereocenters. The average Bonchev–Trinajstić information content (AvgIpc) is 2.46. The molecule has 1 heterocycles. The number of hydrogen-bond acceptors (Lipinski definition) is 3. The van der Waals surface area contributed by atoms with Crippen LogP contribution in [-0.2, 0) is 0 Å². The van der Waals surface area contributed by atoms with Crippen molar-refractivity contribution < 1.29 is 4.79 Å². The minimum atomic E-state index is 0.00596. The van der Waals surface area contributed by atoms with Gasteiger partial charge in [-0.25, -0.2) is 5.01 Å². The summed E-state index contributed by atoms with van der Waals surface area (Å²) in [7, 11) is 0. The minimum absolute atomic E-state index is 0.00596. The zero-order valence-corrected chi connectivity index (χ0v) is 12.5. The highest BCUT2D eigenvalue weighted by Crippen LogP contribution is 2.16. The molecule has 2 N–H and O–H groups in total. The number of amides is 1. The molecule has 1 fully saturated rings. The molecule has 1 saturated heterocycles. The summed E-state index contributed by atoms with van der Waals surface area (Å²) in [6.45, 7) is 7.00. The Labute approximate surface area is 121 Å². The topological polar surface area (TPSA) is 44.4 Å². The van der Waals surface area contributed by atoms with E-state index in [4.69, 9.17) is 0 Å². The molecule has 0 aromatic heterocycles. The number of benzene rings is 1. The fourth-order valence-electron chi connectivity index (χ4n) is 2.51. The van der Waals surface area contributed by atoms with Crippen LogP contribution in [0.2, 0.25) is 0 Å². The summed E-state index contributed by atoms with van der Waals surface area (Å²) < 4.78 is 0. The van der Waals surface area contributed by atoms with E-state index in [9.17, 15) is 4.79 Å². The van der Waals surface area contributed by atoms with Crippen LogP contribution < -0.4 is 10.7 Å². The highest BCUT2D eigenvalue weighted by atomic mass is 16.2. The number of hydrazine groups is 1. The SMILES string of the molecule is CCCNc1ccc(C(=O)NN2CCCCC2)c(C)c1. The Morgan fingerprint density at radius 3 is 2.65 bits per heavy atom. The second kappa shape index (κ2) is 7.29. The number of carbonyl (C=O) groups excluding carboxylic acids is 1. The average molecular weight is 275 g/mol. The molecule has 110 valence electrons. The molecule has 0 aliphatic carbocycles. The van der Waals surface area contributed by atoms with Crippen LogP contribution >= 0.6 is 0 Å². The van der Waals surface area contributed by atoms with Crippen molar-refractivity contribution >= 4 is 11.6 Å². The van der Waals surface area contributed by atoms with E-state index in [1.54, 1.807) is 0 Å². The lowest BCUT2D eigenvalue weighted by Gasteiger charge is -2.27. The van der Waals surface area contributed by atoms with Gasteiger partial charge in [0.2, 0.25) is 0 Å². The molecular weight excluding hydrogens is 250 g/mol. The number of aryl methyl sites for hydroxylation is 1. The third kappa shape index (κ3) is 3.97. The number of hydrogen-bond donors (Lipinski definition) is 2. The van der Waals surface area contributed by atoms with Gasteiger partial charge in [0.25, 0.3) is 5.91 Å². The largest absolute Gasteiger partial charge is 0.385 e. The normalized spacial score (nSPS) is 15.9. The minimum Gasteiger partial charge on any atom is -0.385 e. The highest BCUT2D eigenvalue weighted by Gasteiger charge is 2.15. The maximum Gasteiger partial charge on any atom is 0.265 e. The van der Waals surface area contributed by atoms with Crippen LogP contribution in [0.3, 0.4) is 0 Å². The molecule has 0 saturated carbocycles. The van der Waals surface area contributed by atoms with Crippen LogP contribution in [-0.4, -0.2) is 30.6 Å². The number of piperidine rings is 1. The van der Waals surface area contributed by atoms with E-state index < -0.39 is 0 Å². The Hall–Kier alpha value is -1.55. The fraction of sp³-hybridized carbons (Fsp3) is 0.562. The van der Waals surface area contributed by atoms with Crippen LogP contribution in [0.5, 0.6) is 0 Å². The molecule has 4 heteroatoms. The van der Waals surface area contributed by atoms with Gasteiger partial charge >= 0.3 is 0 Å². The summed E-state index contributed by atoms with van der Waals surface area (Å²) in [5.74, 6) is 0.00596. The van der Waals surface area contributed by atoms with Crippen molar-refractivity contribution in [2.75, 3.05) is 25.0 Å². The molecule has 1 aliphatic heterocycles. The summed E-state index contributed by atoms with van der Waals surface area (Å²) >= 11 is 0. The number of nitrogens with one attached hydrogen (secondary N) is 2. The van der Waals surface area contributed by atoms with Crippen molar-refractivity contribution in [1.82, 2.24) is 10.4 Å². The first-order valence-corrected chi connectivity index (χ1v) is 7.61. The maximum atomic E-state index is 12.3. The molecule has 0 atom stereocenters. The predicted octanol–water partition coefficient (Wildman–Crippen LogP) is 2.95. The van der Waals surface area contributed by atoms with Crippen molar-refractivity contribution in [2.45, 2.75) is 39.5 Å².